The maximum Gasteiger partial charge on any atom is 0.217 e. The smallest absolute Gasteiger partial charge is 0.217 e. The van der Waals surface area contributed by atoms with Crippen molar-refractivity contribution in [2.45, 2.75) is 19.3 Å². The number of rotatable bonds is 7. The van der Waals surface area contributed by atoms with E-state index in [9.17, 15) is 4.79 Å². The Kier molecular flexibility index (Phi) is 5.30. The lowest BCUT2D eigenvalue weighted by atomic mass is 10.1. The molecule has 1 aromatic rings. The minimum absolute atomic E-state index is 0.297. The molecule has 2 N–H and O–H groups in total. The molecular weight excluding hydrogens is 234 g/mol. The van der Waals surface area contributed by atoms with Gasteiger partial charge in [0, 0.05) is 6.42 Å². The predicted octanol–water partition coefficient (Wildman–Crippen LogP) is 1.52. The fraction of sp³-hybridized carbons (Fsp3) is 0.462. The van der Waals surface area contributed by atoms with Gasteiger partial charge in [0.2, 0.25) is 11.7 Å². The summed E-state index contributed by atoms with van der Waals surface area (Å²) in [6.45, 7) is 0. The Labute approximate surface area is 107 Å². The number of aryl methyl sites for hydroxylation is 1. The van der Waals surface area contributed by atoms with Crippen LogP contribution in [0.5, 0.6) is 17.2 Å². The standard InChI is InChI=1S/C13H19NO4/c1-16-10-8-7-9(5-4-6-11(14)15)12(17-2)13(10)18-3/h7-8H,4-6H2,1-3H3,(H2,14,15). The van der Waals surface area contributed by atoms with Crippen molar-refractivity contribution in [3.8, 4) is 17.2 Å². The third-order valence-corrected chi connectivity index (χ3v) is 2.66. The van der Waals surface area contributed by atoms with E-state index < -0.39 is 0 Å². The lowest BCUT2D eigenvalue weighted by Crippen LogP contribution is -2.10. The molecule has 0 radical (unpaired) electrons. The molecule has 0 bridgehead atoms. The van der Waals surface area contributed by atoms with E-state index in [1.54, 1.807) is 21.3 Å². The molecule has 0 saturated heterocycles. The average Bonchev–Trinajstić information content (AvgIpc) is 2.37. The van der Waals surface area contributed by atoms with E-state index in [0.717, 1.165) is 5.56 Å². The van der Waals surface area contributed by atoms with Gasteiger partial charge in [-0.1, -0.05) is 6.07 Å². The third-order valence-electron chi connectivity index (χ3n) is 2.66. The summed E-state index contributed by atoms with van der Waals surface area (Å²) in [7, 11) is 4.71. The highest BCUT2D eigenvalue weighted by atomic mass is 16.5. The molecule has 1 amide bonds. The van der Waals surface area contributed by atoms with Crippen LogP contribution >= 0.6 is 0 Å². The van der Waals surface area contributed by atoms with Gasteiger partial charge in [-0.25, -0.2) is 0 Å². The second-order valence-electron chi connectivity index (χ2n) is 3.81. The zero-order valence-corrected chi connectivity index (χ0v) is 11.0. The minimum atomic E-state index is -0.297. The number of ether oxygens (including phenoxy) is 3. The zero-order chi connectivity index (χ0) is 13.5. The van der Waals surface area contributed by atoms with E-state index >= 15 is 0 Å². The van der Waals surface area contributed by atoms with Gasteiger partial charge in [0.15, 0.2) is 11.5 Å². The van der Waals surface area contributed by atoms with E-state index in [-0.39, 0.29) is 5.91 Å². The largest absolute Gasteiger partial charge is 0.493 e. The zero-order valence-electron chi connectivity index (χ0n) is 11.0. The van der Waals surface area contributed by atoms with Gasteiger partial charge < -0.3 is 19.9 Å². The minimum Gasteiger partial charge on any atom is -0.493 e. The Morgan fingerprint density at radius 3 is 2.28 bits per heavy atom. The molecule has 100 valence electrons. The Hall–Kier alpha value is -1.91. The number of carbonyl (C=O) groups is 1. The Balaban J connectivity index is 2.94. The van der Waals surface area contributed by atoms with E-state index in [1.165, 1.54) is 0 Å². The third kappa shape index (κ3) is 3.29. The number of benzene rings is 1. The van der Waals surface area contributed by atoms with Gasteiger partial charge in [0.05, 0.1) is 21.3 Å². The average molecular weight is 253 g/mol. The number of hydrogen-bond acceptors (Lipinski definition) is 4. The molecule has 0 unspecified atom stereocenters. The molecule has 1 rings (SSSR count). The predicted molar refractivity (Wildman–Crippen MR) is 68.2 cm³/mol. The van der Waals surface area contributed by atoms with E-state index in [1.807, 2.05) is 12.1 Å². The molecule has 0 fully saturated rings. The summed E-state index contributed by atoms with van der Waals surface area (Å²) < 4.78 is 15.8. The lowest BCUT2D eigenvalue weighted by molar-refractivity contribution is -0.118. The second kappa shape index (κ2) is 6.74. The van der Waals surface area contributed by atoms with Gasteiger partial charge in [0.25, 0.3) is 0 Å². The summed E-state index contributed by atoms with van der Waals surface area (Å²) in [5.41, 5.74) is 6.08. The summed E-state index contributed by atoms with van der Waals surface area (Å²) in [5, 5.41) is 0. The SMILES string of the molecule is COc1ccc(CCCC(N)=O)c(OC)c1OC. The van der Waals surface area contributed by atoms with Crippen LogP contribution in [0.25, 0.3) is 0 Å². The molecule has 5 heteroatoms. The summed E-state index contributed by atoms with van der Waals surface area (Å²) in [5.74, 6) is 1.53. The van der Waals surface area contributed by atoms with Crippen LogP contribution in [-0.4, -0.2) is 27.2 Å². The quantitative estimate of drug-likeness (QED) is 0.799. The van der Waals surface area contributed by atoms with Crippen LogP contribution in [0.1, 0.15) is 18.4 Å². The molecule has 0 aromatic heterocycles. The van der Waals surface area contributed by atoms with Crippen molar-refractivity contribution in [1.29, 1.82) is 0 Å². The normalized spacial score (nSPS) is 9.94. The van der Waals surface area contributed by atoms with Gasteiger partial charge >= 0.3 is 0 Å². The molecule has 0 spiro atoms. The van der Waals surface area contributed by atoms with Crippen LogP contribution in [0.3, 0.4) is 0 Å². The Bertz CT molecular complexity index is 418. The molecular formula is C13H19NO4. The highest BCUT2D eigenvalue weighted by Crippen LogP contribution is 2.40. The number of methoxy groups -OCH3 is 3. The van der Waals surface area contributed by atoms with Crippen LogP contribution < -0.4 is 19.9 Å². The summed E-state index contributed by atoms with van der Waals surface area (Å²) in [6, 6.07) is 3.72. The number of hydrogen-bond donors (Lipinski definition) is 1. The first-order valence-corrected chi connectivity index (χ1v) is 5.70. The fourth-order valence-electron chi connectivity index (χ4n) is 1.81. The molecule has 5 nitrogen and oxygen atoms in total. The van der Waals surface area contributed by atoms with Gasteiger partial charge in [-0.3, -0.25) is 4.79 Å². The number of carbonyl (C=O) groups excluding carboxylic acids is 1. The topological polar surface area (TPSA) is 70.8 Å². The molecule has 0 aliphatic heterocycles. The van der Waals surface area contributed by atoms with Crippen molar-refractivity contribution >= 4 is 5.91 Å². The number of primary amides is 1. The molecule has 0 heterocycles. The highest BCUT2D eigenvalue weighted by molar-refractivity contribution is 5.73. The molecule has 0 aliphatic rings. The fourth-order valence-corrected chi connectivity index (χ4v) is 1.81. The van der Waals surface area contributed by atoms with Crippen LogP contribution in [0.2, 0.25) is 0 Å². The van der Waals surface area contributed by atoms with Crippen LogP contribution in [0.4, 0.5) is 0 Å². The molecule has 0 aliphatic carbocycles. The first-order valence-electron chi connectivity index (χ1n) is 5.70. The monoisotopic (exact) mass is 253 g/mol. The van der Waals surface area contributed by atoms with E-state index in [0.29, 0.717) is 36.5 Å². The first kappa shape index (κ1) is 14.2. The van der Waals surface area contributed by atoms with Crippen LogP contribution in [0.15, 0.2) is 12.1 Å². The maximum absolute atomic E-state index is 10.7. The van der Waals surface area contributed by atoms with E-state index in [4.69, 9.17) is 19.9 Å². The maximum atomic E-state index is 10.7. The molecule has 18 heavy (non-hydrogen) atoms. The second-order valence-corrected chi connectivity index (χ2v) is 3.81. The van der Waals surface area contributed by atoms with Crippen molar-refractivity contribution in [3.05, 3.63) is 17.7 Å². The highest BCUT2D eigenvalue weighted by Gasteiger charge is 2.15. The van der Waals surface area contributed by atoms with Gasteiger partial charge in [-0.05, 0) is 24.5 Å². The lowest BCUT2D eigenvalue weighted by Gasteiger charge is -2.15. The van der Waals surface area contributed by atoms with E-state index in [2.05, 4.69) is 0 Å². The summed E-state index contributed by atoms with van der Waals surface area (Å²) in [4.78, 5) is 10.7. The first-order chi connectivity index (χ1) is 8.63. The van der Waals surface area contributed by atoms with Crippen molar-refractivity contribution in [3.63, 3.8) is 0 Å². The van der Waals surface area contributed by atoms with Gasteiger partial charge in [0.1, 0.15) is 0 Å². The molecule has 0 atom stereocenters. The van der Waals surface area contributed by atoms with Gasteiger partial charge in [-0.2, -0.15) is 0 Å². The van der Waals surface area contributed by atoms with Gasteiger partial charge in [-0.15, -0.1) is 0 Å². The molecule has 1 aromatic carbocycles. The van der Waals surface area contributed by atoms with Crippen molar-refractivity contribution < 1.29 is 19.0 Å². The van der Waals surface area contributed by atoms with Crippen LogP contribution in [-0.2, 0) is 11.2 Å². The van der Waals surface area contributed by atoms with Crippen LogP contribution in [0, 0.1) is 0 Å². The number of amides is 1. The molecule has 0 saturated carbocycles. The Morgan fingerprint density at radius 1 is 1.11 bits per heavy atom. The van der Waals surface area contributed by atoms with Crippen molar-refractivity contribution in [2.24, 2.45) is 5.73 Å². The van der Waals surface area contributed by atoms with Crippen molar-refractivity contribution in [1.82, 2.24) is 0 Å². The number of nitrogens with two attached hydrogens (primary N) is 1. The Morgan fingerprint density at radius 2 is 1.78 bits per heavy atom. The summed E-state index contributed by atoms with van der Waals surface area (Å²) >= 11 is 0. The summed E-state index contributed by atoms with van der Waals surface area (Å²) in [6.07, 6.45) is 1.74. The van der Waals surface area contributed by atoms with Crippen molar-refractivity contribution in [2.75, 3.05) is 21.3 Å².